The minimum Gasteiger partial charge on any atom is -0.307 e. The third-order valence-corrected chi connectivity index (χ3v) is 4.78. The molecule has 1 heterocycles. The molecule has 1 aromatic rings. The number of nitrogens with zero attached hydrogens (tertiary/aromatic N) is 1. The topological polar surface area (TPSA) is 15.3 Å². The lowest BCUT2D eigenvalue weighted by Crippen LogP contribution is -2.43. The van der Waals surface area contributed by atoms with Crippen molar-refractivity contribution in [3.05, 3.63) is 34.4 Å². The van der Waals surface area contributed by atoms with Gasteiger partial charge in [-0.3, -0.25) is 0 Å². The Balaban J connectivity index is 1.95. The highest BCUT2D eigenvalue weighted by atomic mass is 15.1. The second-order valence-corrected chi connectivity index (χ2v) is 6.82. The van der Waals surface area contributed by atoms with Crippen LogP contribution < -0.4 is 5.32 Å². The van der Waals surface area contributed by atoms with Gasteiger partial charge in [0.2, 0.25) is 0 Å². The van der Waals surface area contributed by atoms with E-state index in [1.807, 2.05) is 0 Å². The molecule has 21 heavy (non-hydrogen) atoms. The Morgan fingerprint density at radius 1 is 1.14 bits per heavy atom. The van der Waals surface area contributed by atoms with Gasteiger partial charge in [0.1, 0.15) is 0 Å². The van der Waals surface area contributed by atoms with E-state index in [0.717, 1.165) is 0 Å². The van der Waals surface area contributed by atoms with Crippen molar-refractivity contribution in [2.75, 3.05) is 19.6 Å². The van der Waals surface area contributed by atoms with Gasteiger partial charge in [0.05, 0.1) is 0 Å². The van der Waals surface area contributed by atoms with Crippen molar-refractivity contribution < 1.29 is 0 Å². The summed E-state index contributed by atoms with van der Waals surface area (Å²) in [4.78, 5) is 2.60. The highest BCUT2D eigenvalue weighted by Crippen LogP contribution is 2.25. The molecule has 0 amide bonds. The molecule has 1 fully saturated rings. The first kappa shape index (κ1) is 16.5. The Morgan fingerprint density at radius 2 is 1.71 bits per heavy atom. The molecule has 1 aromatic carbocycles. The quantitative estimate of drug-likeness (QED) is 0.876. The number of rotatable bonds is 5. The van der Waals surface area contributed by atoms with E-state index >= 15 is 0 Å². The van der Waals surface area contributed by atoms with E-state index in [-0.39, 0.29) is 0 Å². The van der Waals surface area contributed by atoms with Crippen LogP contribution in [0.2, 0.25) is 0 Å². The molecule has 1 N–H and O–H groups in total. The third kappa shape index (κ3) is 4.31. The maximum absolute atomic E-state index is 3.87. The van der Waals surface area contributed by atoms with Crippen molar-refractivity contribution >= 4 is 0 Å². The Bertz CT molecular complexity index is 436. The number of aryl methyl sites for hydroxylation is 3. The predicted octanol–water partition coefficient (Wildman–Crippen LogP) is 4.14. The molecule has 1 unspecified atom stereocenters. The molecule has 118 valence electrons. The summed E-state index contributed by atoms with van der Waals surface area (Å²) < 4.78 is 0. The fourth-order valence-corrected chi connectivity index (χ4v) is 3.95. The second kappa shape index (κ2) is 7.42. The molecule has 1 aliphatic heterocycles. The lowest BCUT2D eigenvalue weighted by molar-refractivity contribution is 0.192. The fourth-order valence-electron chi connectivity index (χ4n) is 3.95. The van der Waals surface area contributed by atoms with E-state index in [9.17, 15) is 0 Å². The van der Waals surface area contributed by atoms with Crippen molar-refractivity contribution in [1.29, 1.82) is 0 Å². The minimum absolute atomic E-state index is 0.452. The van der Waals surface area contributed by atoms with Crippen LogP contribution >= 0.6 is 0 Å². The van der Waals surface area contributed by atoms with Gasteiger partial charge in [0.25, 0.3) is 0 Å². The molecule has 1 saturated heterocycles. The summed E-state index contributed by atoms with van der Waals surface area (Å²) >= 11 is 0. The normalized spacial score (nSPS) is 18.9. The van der Waals surface area contributed by atoms with Gasteiger partial charge in [-0.2, -0.15) is 0 Å². The van der Waals surface area contributed by atoms with E-state index in [1.165, 1.54) is 61.2 Å². The molecule has 0 aromatic heterocycles. The van der Waals surface area contributed by atoms with Gasteiger partial charge >= 0.3 is 0 Å². The average Bonchev–Trinajstić information content (AvgIpc) is 2.40. The van der Waals surface area contributed by atoms with Crippen molar-refractivity contribution in [1.82, 2.24) is 10.2 Å². The SMILES string of the molecule is CCCN1CCC(NC(C)c2c(C)cc(C)cc2C)CC1. The average molecular weight is 288 g/mol. The molecule has 0 bridgehead atoms. The molecule has 1 atom stereocenters. The number of nitrogens with one attached hydrogen (secondary N) is 1. The van der Waals surface area contributed by atoms with Crippen molar-refractivity contribution in [2.24, 2.45) is 0 Å². The summed E-state index contributed by atoms with van der Waals surface area (Å²) in [6, 6.07) is 5.75. The van der Waals surface area contributed by atoms with Gasteiger partial charge < -0.3 is 10.2 Å². The fraction of sp³-hybridized carbons (Fsp3) is 0.684. The Morgan fingerprint density at radius 3 is 2.24 bits per heavy atom. The van der Waals surface area contributed by atoms with Crippen molar-refractivity contribution in [2.45, 2.75) is 66.0 Å². The number of hydrogen-bond donors (Lipinski definition) is 1. The van der Waals surface area contributed by atoms with E-state index in [1.54, 1.807) is 0 Å². The molecule has 0 radical (unpaired) electrons. The number of piperidine rings is 1. The summed E-state index contributed by atoms with van der Waals surface area (Å²) in [5.41, 5.74) is 5.72. The molecule has 0 aliphatic carbocycles. The minimum atomic E-state index is 0.452. The standard InChI is InChI=1S/C19H32N2/c1-6-9-21-10-7-18(8-11-21)20-17(5)19-15(3)12-14(2)13-16(19)4/h12-13,17-18,20H,6-11H2,1-5H3. The molecule has 2 nitrogen and oxygen atoms in total. The van der Waals surface area contributed by atoms with Crippen LogP contribution in [0, 0.1) is 20.8 Å². The molecule has 2 rings (SSSR count). The first-order valence-electron chi connectivity index (χ1n) is 8.57. The summed E-state index contributed by atoms with van der Waals surface area (Å²) in [6.07, 6.45) is 3.85. The van der Waals surface area contributed by atoms with Crippen LogP contribution in [0.3, 0.4) is 0 Å². The van der Waals surface area contributed by atoms with Crippen LogP contribution in [-0.4, -0.2) is 30.6 Å². The zero-order chi connectivity index (χ0) is 15.4. The maximum Gasteiger partial charge on any atom is 0.0299 e. The lowest BCUT2D eigenvalue weighted by atomic mass is 9.93. The number of hydrogen-bond acceptors (Lipinski definition) is 2. The van der Waals surface area contributed by atoms with E-state index < -0.39 is 0 Å². The van der Waals surface area contributed by atoms with Gasteiger partial charge in [0, 0.05) is 12.1 Å². The van der Waals surface area contributed by atoms with Crippen LogP contribution in [0.1, 0.15) is 61.4 Å². The first-order valence-corrected chi connectivity index (χ1v) is 8.57. The van der Waals surface area contributed by atoms with Crippen LogP contribution in [0.25, 0.3) is 0 Å². The summed E-state index contributed by atoms with van der Waals surface area (Å²) in [7, 11) is 0. The van der Waals surface area contributed by atoms with E-state index in [2.05, 4.69) is 57.0 Å². The van der Waals surface area contributed by atoms with E-state index in [0.29, 0.717) is 12.1 Å². The van der Waals surface area contributed by atoms with Crippen LogP contribution in [0.4, 0.5) is 0 Å². The highest BCUT2D eigenvalue weighted by molar-refractivity contribution is 5.39. The maximum atomic E-state index is 3.87. The van der Waals surface area contributed by atoms with Crippen LogP contribution in [0.15, 0.2) is 12.1 Å². The summed E-state index contributed by atoms with van der Waals surface area (Å²) in [5, 5.41) is 3.87. The van der Waals surface area contributed by atoms with Crippen LogP contribution in [-0.2, 0) is 0 Å². The lowest BCUT2D eigenvalue weighted by Gasteiger charge is -2.34. The molecular formula is C19H32N2. The Kier molecular flexibility index (Phi) is 5.83. The van der Waals surface area contributed by atoms with Gasteiger partial charge in [-0.25, -0.2) is 0 Å². The summed E-state index contributed by atoms with van der Waals surface area (Å²) in [5.74, 6) is 0. The first-order chi connectivity index (χ1) is 10.0. The van der Waals surface area contributed by atoms with Crippen LogP contribution in [0.5, 0.6) is 0 Å². The van der Waals surface area contributed by atoms with Gasteiger partial charge in [-0.05, 0) is 83.3 Å². The third-order valence-electron chi connectivity index (χ3n) is 4.78. The molecular weight excluding hydrogens is 256 g/mol. The van der Waals surface area contributed by atoms with Gasteiger partial charge in [0.15, 0.2) is 0 Å². The Labute approximate surface area is 130 Å². The predicted molar refractivity (Wildman–Crippen MR) is 92.0 cm³/mol. The zero-order valence-corrected chi connectivity index (χ0v) is 14.5. The zero-order valence-electron chi connectivity index (χ0n) is 14.5. The molecule has 0 saturated carbocycles. The second-order valence-electron chi connectivity index (χ2n) is 6.82. The van der Waals surface area contributed by atoms with Gasteiger partial charge in [-0.1, -0.05) is 24.6 Å². The van der Waals surface area contributed by atoms with Crippen molar-refractivity contribution in [3.8, 4) is 0 Å². The number of benzene rings is 1. The van der Waals surface area contributed by atoms with Crippen molar-refractivity contribution in [3.63, 3.8) is 0 Å². The number of likely N-dealkylation sites (tertiary alicyclic amines) is 1. The molecule has 0 spiro atoms. The molecule has 1 aliphatic rings. The Hall–Kier alpha value is -0.860. The monoisotopic (exact) mass is 288 g/mol. The largest absolute Gasteiger partial charge is 0.307 e. The summed E-state index contributed by atoms with van der Waals surface area (Å²) in [6.45, 7) is 15.0. The molecule has 2 heteroatoms. The highest BCUT2D eigenvalue weighted by Gasteiger charge is 2.21. The van der Waals surface area contributed by atoms with Gasteiger partial charge in [-0.15, -0.1) is 0 Å². The van der Waals surface area contributed by atoms with E-state index in [4.69, 9.17) is 0 Å². The smallest absolute Gasteiger partial charge is 0.0299 e.